The first-order valence-electron chi connectivity index (χ1n) is 8.98. The first kappa shape index (κ1) is 16.8. The Labute approximate surface area is 136 Å². The molecule has 118 valence electrons. The van der Waals surface area contributed by atoms with Gasteiger partial charge in [0.25, 0.3) is 0 Å². The SMILES string of the molecule is CCCC.c1ccc2c(c1)CCC2.c1ccc2c(c1)CCC2. The maximum Gasteiger partial charge on any atom is -0.0273 e. The van der Waals surface area contributed by atoms with E-state index in [1.165, 1.54) is 51.4 Å². The van der Waals surface area contributed by atoms with E-state index in [1.54, 1.807) is 22.3 Å². The van der Waals surface area contributed by atoms with Crippen molar-refractivity contribution in [3.8, 4) is 0 Å². The van der Waals surface area contributed by atoms with Crippen LogP contribution in [0.5, 0.6) is 0 Å². The summed E-state index contributed by atoms with van der Waals surface area (Å²) in [7, 11) is 0. The molecule has 0 radical (unpaired) electrons. The highest BCUT2D eigenvalue weighted by molar-refractivity contribution is 5.31. The lowest BCUT2D eigenvalue weighted by Gasteiger charge is -1.93. The predicted molar refractivity (Wildman–Crippen MR) is 97.5 cm³/mol. The summed E-state index contributed by atoms with van der Waals surface area (Å²) >= 11 is 0. The maximum absolute atomic E-state index is 2.24. The van der Waals surface area contributed by atoms with Gasteiger partial charge >= 0.3 is 0 Å². The van der Waals surface area contributed by atoms with Gasteiger partial charge in [-0.1, -0.05) is 75.2 Å². The fourth-order valence-electron chi connectivity index (χ4n) is 3.03. The summed E-state index contributed by atoms with van der Waals surface area (Å²) in [5.74, 6) is 0. The van der Waals surface area contributed by atoms with E-state index in [9.17, 15) is 0 Å². The van der Waals surface area contributed by atoms with Crippen molar-refractivity contribution < 1.29 is 0 Å². The lowest BCUT2D eigenvalue weighted by molar-refractivity contribution is 0.886. The molecule has 0 aliphatic heterocycles. The molecule has 0 spiro atoms. The minimum Gasteiger partial charge on any atom is -0.0654 e. The van der Waals surface area contributed by atoms with E-state index >= 15 is 0 Å². The van der Waals surface area contributed by atoms with Crippen LogP contribution in [0, 0.1) is 0 Å². The standard InChI is InChI=1S/2C9H10.C4H10/c2*1-2-5-9-7-3-6-8(9)4-1;1-3-4-2/h2*1-2,4-5H,3,6-7H2;3-4H2,1-2H3. The van der Waals surface area contributed by atoms with Crippen LogP contribution in [0.25, 0.3) is 0 Å². The van der Waals surface area contributed by atoms with Crippen LogP contribution >= 0.6 is 0 Å². The van der Waals surface area contributed by atoms with Gasteiger partial charge in [0.2, 0.25) is 0 Å². The lowest BCUT2D eigenvalue weighted by Crippen LogP contribution is -1.77. The van der Waals surface area contributed by atoms with Crippen molar-refractivity contribution in [1.29, 1.82) is 0 Å². The van der Waals surface area contributed by atoms with Gasteiger partial charge in [0, 0.05) is 0 Å². The molecule has 0 heteroatoms. The van der Waals surface area contributed by atoms with Crippen LogP contribution in [-0.4, -0.2) is 0 Å². The molecule has 2 aromatic carbocycles. The molecule has 0 atom stereocenters. The highest BCUT2D eigenvalue weighted by atomic mass is 14.1. The third-order valence-corrected chi connectivity index (χ3v) is 4.52. The molecule has 0 saturated heterocycles. The normalized spacial score (nSPS) is 14.1. The molecule has 0 heterocycles. The molecule has 2 aromatic rings. The maximum atomic E-state index is 2.24. The van der Waals surface area contributed by atoms with Gasteiger partial charge in [0.05, 0.1) is 0 Å². The largest absolute Gasteiger partial charge is 0.0654 e. The van der Waals surface area contributed by atoms with Crippen LogP contribution in [0.1, 0.15) is 61.8 Å². The molecule has 0 unspecified atom stereocenters. The Morgan fingerprint density at radius 1 is 0.545 bits per heavy atom. The van der Waals surface area contributed by atoms with E-state index in [1.807, 2.05) is 0 Å². The molecule has 2 aliphatic rings. The molecular formula is C22H30. The summed E-state index contributed by atoms with van der Waals surface area (Å²) in [4.78, 5) is 0. The van der Waals surface area contributed by atoms with Crippen LogP contribution in [0.4, 0.5) is 0 Å². The number of benzene rings is 2. The molecule has 0 nitrogen and oxygen atoms in total. The zero-order chi connectivity index (χ0) is 15.6. The Kier molecular flexibility index (Phi) is 7.22. The number of unbranched alkanes of at least 4 members (excludes halogenated alkanes) is 1. The van der Waals surface area contributed by atoms with Gasteiger partial charge in [-0.25, -0.2) is 0 Å². The summed E-state index contributed by atoms with van der Waals surface area (Å²) in [5.41, 5.74) is 6.27. The second-order valence-corrected chi connectivity index (χ2v) is 6.24. The lowest BCUT2D eigenvalue weighted by atomic mass is 10.1. The molecule has 2 aliphatic carbocycles. The first-order chi connectivity index (χ1) is 10.8. The molecule has 0 N–H and O–H groups in total. The van der Waals surface area contributed by atoms with E-state index in [-0.39, 0.29) is 0 Å². The van der Waals surface area contributed by atoms with Gasteiger partial charge in [-0.2, -0.15) is 0 Å². The fraction of sp³-hybridized carbons (Fsp3) is 0.455. The second kappa shape index (κ2) is 9.46. The number of rotatable bonds is 1. The smallest absolute Gasteiger partial charge is 0.0273 e. The third kappa shape index (κ3) is 5.02. The number of aryl methyl sites for hydroxylation is 4. The Morgan fingerprint density at radius 2 is 0.818 bits per heavy atom. The molecular weight excluding hydrogens is 264 g/mol. The average molecular weight is 294 g/mol. The predicted octanol–water partition coefficient (Wildman–Crippen LogP) is 6.16. The summed E-state index contributed by atoms with van der Waals surface area (Å²) in [6.07, 6.45) is 10.6. The van der Waals surface area contributed by atoms with Crippen LogP contribution < -0.4 is 0 Å². The van der Waals surface area contributed by atoms with Crippen molar-refractivity contribution >= 4 is 0 Å². The zero-order valence-electron chi connectivity index (χ0n) is 14.3. The minimum absolute atomic E-state index is 1.30. The van der Waals surface area contributed by atoms with Crippen molar-refractivity contribution in [2.75, 3.05) is 0 Å². The van der Waals surface area contributed by atoms with Gasteiger partial charge in [0.15, 0.2) is 0 Å². The van der Waals surface area contributed by atoms with Crippen molar-refractivity contribution in [2.24, 2.45) is 0 Å². The van der Waals surface area contributed by atoms with Crippen molar-refractivity contribution in [1.82, 2.24) is 0 Å². The summed E-state index contributed by atoms with van der Waals surface area (Å²) < 4.78 is 0. The van der Waals surface area contributed by atoms with Crippen molar-refractivity contribution in [2.45, 2.75) is 65.2 Å². The average Bonchev–Trinajstić information content (AvgIpc) is 3.24. The molecule has 0 fully saturated rings. The van der Waals surface area contributed by atoms with E-state index in [0.29, 0.717) is 0 Å². The minimum atomic E-state index is 1.30. The second-order valence-electron chi connectivity index (χ2n) is 6.24. The highest BCUT2D eigenvalue weighted by Crippen LogP contribution is 2.20. The first-order valence-corrected chi connectivity index (χ1v) is 8.98. The Morgan fingerprint density at radius 3 is 1.05 bits per heavy atom. The van der Waals surface area contributed by atoms with Crippen molar-refractivity contribution in [3.05, 3.63) is 70.8 Å². The summed E-state index contributed by atoms with van der Waals surface area (Å²) in [6.45, 7) is 4.36. The number of hydrogen-bond acceptors (Lipinski definition) is 0. The summed E-state index contributed by atoms with van der Waals surface area (Å²) in [5, 5.41) is 0. The van der Waals surface area contributed by atoms with Gasteiger partial charge in [0.1, 0.15) is 0 Å². The van der Waals surface area contributed by atoms with Gasteiger partial charge in [-0.3, -0.25) is 0 Å². The van der Waals surface area contributed by atoms with Crippen LogP contribution in [0.2, 0.25) is 0 Å². The Hall–Kier alpha value is -1.56. The molecule has 0 saturated carbocycles. The third-order valence-electron chi connectivity index (χ3n) is 4.52. The number of hydrogen-bond donors (Lipinski definition) is 0. The molecule has 0 amide bonds. The Balaban J connectivity index is 0.000000131. The molecule has 0 aromatic heterocycles. The van der Waals surface area contributed by atoms with Gasteiger partial charge in [-0.15, -0.1) is 0 Å². The molecule has 0 bridgehead atoms. The number of fused-ring (bicyclic) bond motifs is 2. The monoisotopic (exact) mass is 294 g/mol. The van der Waals surface area contributed by atoms with Crippen LogP contribution in [0.3, 0.4) is 0 Å². The molecule has 22 heavy (non-hydrogen) atoms. The van der Waals surface area contributed by atoms with Gasteiger partial charge in [-0.05, 0) is 60.8 Å². The van der Waals surface area contributed by atoms with E-state index < -0.39 is 0 Å². The Bertz CT molecular complexity index is 456. The van der Waals surface area contributed by atoms with E-state index in [0.717, 1.165) is 0 Å². The van der Waals surface area contributed by atoms with E-state index in [4.69, 9.17) is 0 Å². The van der Waals surface area contributed by atoms with Crippen LogP contribution in [0.15, 0.2) is 48.5 Å². The quantitative estimate of drug-likeness (QED) is 0.591. The highest BCUT2D eigenvalue weighted by Gasteiger charge is 2.07. The van der Waals surface area contributed by atoms with Crippen LogP contribution in [-0.2, 0) is 25.7 Å². The van der Waals surface area contributed by atoms with Gasteiger partial charge < -0.3 is 0 Å². The summed E-state index contributed by atoms with van der Waals surface area (Å²) in [6, 6.07) is 17.5. The topological polar surface area (TPSA) is 0 Å². The van der Waals surface area contributed by atoms with E-state index in [2.05, 4.69) is 62.4 Å². The zero-order valence-corrected chi connectivity index (χ0v) is 14.3. The van der Waals surface area contributed by atoms with Crippen molar-refractivity contribution in [3.63, 3.8) is 0 Å². The molecule has 4 rings (SSSR count). The fourth-order valence-corrected chi connectivity index (χ4v) is 3.03.